The average Bonchev–Trinajstić information content (AvgIpc) is 4.09. The Morgan fingerprint density at radius 2 is 1.16 bits per heavy atom. The topological polar surface area (TPSA) is 88.1 Å². The molecule has 0 bridgehead atoms. The minimum absolute atomic E-state index is 0.0235. The Morgan fingerprint density at radius 1 is 0.655 bits per heavy atom. The van der Waals surface area contributed by atoms with Crippen molar-refractivity contribution in [3.63, 3.8) is 0 Å². The minimum atomic E-state index is 0.0235. The summed E-state index contributed by atoms with van der Waals surface area (Å²) in [6.45, 7) is 16.1. The van der Waals surface area contributed by atoms with E-state index in [1.165, 1.54) is 128 Å². The zero-order chi connectivity index (χ0) is 41.9. The van der Waals surface area contributed by atoms with Gasteiger partial charge in [-0.2, -0.15) is 0 Å². The second-order valence-electron chi connectivity index (χ2n) is 19.8. The normalized spacial score (nSPS) is 25.2. The van der Waals surface area contributed by atoms with Gasteiger partial charge >= 0.3 is 11.9 Å². The average molecular weight is 817 g/mol. The summed E-state index contributed by atoms with van der Waals surface area (Å²) in [4.78, 5) is 28.6. The maximum atomic E-state index is 13.4. The molecule has 0 radical (unpaired) electrons. The highest BCUT2D eigenvalue weighted by atomic mass is 16.5. The number of ether oxygens (including phenoxy) is 2. The van der Waals surface area contributed by atoms with Gasteiger partial charge in [0.1, 0.15) is 0 Å². The van der Waals surface area contributed by atoms with E-state index in [0.29, 0.717) is 36.1 Å². The van der Waals surface area contributed by atoms with E-state index in [9.17, 15) is 14.7 Å². The highest BCUT2D eigenvalue weighted by Gasteiger charge is 2.75. The van der Waals surface area contributed by atoms with Gasteiger partial charge in [0.2, 0.25) is 0 Å². The van der Waals surface area contributed by atoms with E-state index in [2.05, 4.69) is 44.8 Å². The third kappa shape index (κ3) is 19.3. The molecule has 1 heterocycles. The van der Waals surface area contributed by atoms with E-state index in [1.807, 2.05) is 0 Å². The molecule has 3 fully saturated rings. The SMILES string of the molecule is CCCCCCCCC(CC)C(=O)OCCCCCCC1CN(CCCCO)CC(CCCCCCOC(=O)C(CCCCCCCC)CC2CC23CC3(C)CC)N1. The van der Waals surface area contributed by atoms with Crippen LogP contribution in [0.15, 0.2) is 0 Å². The summed E-state index contributed by atoms with van der Waals surface area (Å²) >= 11 is 0. The molecule has 2 N–H and O–H groups in total. The van der Waals surface area contributed by atoms with Gasteiger partial charge in [-0.25, -0.2) is 0 Å². The summed E-state index contributed by atoms with van der Waals surface area (Å²) in [5.74, 6) is 1.04. The zero-order valence-electron chi connectivity index (χ0n) is 39.1. The van der Waals surface area contributed by atoms with Crippen molar-refractivity contribution >= 4 is 11.9 Å². The maximum absolute atomic E-state index is 13.4. The summed E-state index contributed by atoms with van der Waals surface area (Å²) < 4.78 is 11.7. The standard InChI is InChI=1S/C51H96N2O5/c1-6-10-12-14-16-22-30-43(8-3)48(55)57-36-28-20-18-24-32-46-40-53(34-26-27-35-54)41-47(52-46)33-25-19-21-29-37-58-49(56)44(31-23-17-15-13-11-7-2)38-45-39-51(45)42-50(51,5)9-4/h43-47,52,54H,6-42H2,1-5H3. The number of hydrogen-bond acceptors (Lipinski definition) is 7. The number of nitrogens with zero attached hydrogens (tertiary/aromatic N) is 1. The van der Waals surface area contributed by atoms with Gasteiger partial charge in [0, 0.05) is 31.8 Å². The fraction of sp³-hybridized carbons (Fsp3) is 0.961. The number of hydrogen-bond donors (Lipinski definition) is 2. The van der Waals surface area contributed by atoms with Crippen LogP contribution in [0.2, 0.25) is 0 Å². The summed E-state index contributed by atoms with van der Waals surface area (Å²) in [6.07, 6.45) is 36.5. The van der Waals surface area contributed by atoms with Crippen molar-refractivity contribution in [3.8, 4) is 0 Å². The van der Waals surface area contributed by atoms with Gasteiger partial charge in [-0.3, -0.25) is 9.59 Å². The number of piperazine rings is 1. The van der Waals surface area contributed by atoms with Crippen molar-refractivity contribution in [3.05, 3.63) is 0 Å². The first-order valence-corrected chi connectivity index (χ1v) is 25.7. The van der Waals surface area contributed by atoms with E-state index in [-0.39, 0.29) is 30.4 Å². The molecule has 3 rings (SSSR count). The monoisotopic (exact) mass is 817 g/mol. The number of aliphatic hydroxyl groups excluding tert-OH is 1. The van der Waals surface area contributed by atoms with Crippen molar-refractivity contribution in [1.82, 2.24) is 10.2 Å². The number of aliphatic hydroxyl groups is 1. The van der Waals surface area contributed by atoms with Crippen LogP contribution in [0, 0.1) is 28.6 Å². The molecule has 2 saturated carbocycles. The minimum Gasteiger partial charge on any atom is -0.465 e. The molecule has 0 aromatic rings. The molecule has 7 heteroatoms. The van der Waals surface area contributed by atoms with Gasteiger partial charge in [0.05, 0.1) is 25.0 Å². The fourth-order valence-corrected chi connectivity index (χ4v) is 10.7. The Bertz CT molecular complexity index is 1070. The van der Waals surface area contributed by atoms with Crippen LogP contribution in [0.1, 0.15) is 234 Å². The summed E-state index contributed by atoms with van der Waals surface area (Å²) in [6, 6.07) is 1.03. The molecule has 3 aliphatic rings. The maximum Gasteiger partial charge on any atom is 0.308 e. The van der Waals surface area contributed by atoms with E-state index < -0.39 is 0 Å². The Balaban J connectivity index is 1.28. The molecule has 1 saturated heterocycles. The highest BCUT2D eigenvalue weighted by molar-refractivity contribution is 5.72. The molecule has 0 aromatic carbocycles. The molecule has 1 spiro atoms. The molecule has 7 nitrogen and oxygen atoms in total. The third-order valence-electron chi connectivity index (χ3n) is 15.0. The Hall–Kier alpha value is -1.18. The van der Waals surface area contributed by atoms with Gasteiger partial charge < -0.3 is 24.8 Å². The first-order chi connectivity index (χ1) is 28.3. The number of carbonyl (C=O) groups excluding carboxylic acids is 2. The van der Waals surface area contributed by atoms with Crippen LogP contribution < -0.4 is 5.32 Å². The Kier molecular flexibility index (Phi) is 26.4. The number of carbonyl (C=O) groups is 2. The first kappa shape index (κ1) is 51.2. The molecular formula is C51H96N2O5. The highest BCUT2D eigenvalue weighted by Crippen LogP contribution is 2.83. The molecule has 7 unspecified atom stereocenters. The van der Waals surface area contributed by atoms with Gasteiger partial charge in [0.25, 0.3) is 0 Å². The lowest BCUT2D eigenvalue weighted by molar-refractivity contribution is -0.150. The molecule has 1 aliphatic heterocycles. The quantitative estimate of drug-likeness (QED) is 0.0474. The molecular weight excluding hydrogens is 721 g/mol. The van der Waals surface area contributed by atoms with Crippen molar-refractivity contribution in [2.24, 2.45) is 28.6 Å². The van der Waals surface area contributed by atoms with Gasteiger partial charge in [-0.05, 0) is 100 Å². The lowest BCUT2D eigenvalue weighted by Gasteiger charge is -2.39. The van der Waals surface area contributed by atoms with Gasteiger partial charge in [-0.1, -0.05) is 157 Å². The number of nitrogens with one attached hydrogen (secondary N) is 1. The molecule has 58 heavy (non-hydrogen) atoms. The molecule has 0 aromatic heterocycles. The van der Waals surface area contributed by atoms with Crippen LogP contribution in [0.4, 0.5) is 0 Å². The Morgan fingerprint density at radius 3 is 1.67 bits per heavy atom. The smallest absolute Gasteiger partial charge is 0.308 e. The van der Waals surface area contributed by atoms with Crippen LogP contribution in [-0.4, -0.2) is 73.5 Å². The van der Waals surface area contributed by atoms with Crippen LogP contribution >= 0.6 is 0 Å². The fourth-order valence-electron chi connectivity index (χ4n) is 10.7. The lowest BCUT2D eigenvalue weighted by Crippen LogP contribution is -2.56. The first-order valence-electron chi connectivity index (χ1n) is 25.7. The predicted octanol–water partition coefficient (Wildman–Crippen LogP) is 12.7. The van der Waals surface area contributed by atoms with Crippen molar-refractivity contribution < 1.29 is 24.2 Å². The Labute approximate surface area is 359 Å². The van der Waals surface area contributed by atoms with Crippen LogP contribution in [0.3, 0.4) is 0 Å². The number of unbranched alkanes of at least 4 members (excludes halogenated alkanes) is 17. The summed E-state index contributed by atoms with van der Waals surface area (Å²) in [7, 11) is 0. The van der Waals surface area contributed by atoms with E-state index >= 15 is 0 Å². The lowest BCUT2D eigenvalue weighted by atomic mass is 9.92. The van der Waals surface area contributed by atoms with Crippen molar-refractivity contribution in [1.29, 1.82) is 0 Å². The number of rotatable bonds is 38. The van der Waals surface area contributed by atoms with Gasteiger partial charge in [-0.15, -0.1) is 0 Å². The second kappa shape index (κ2) is 30.0. The largest absolute Gasteiger partial charge is 0.465 e. The van der Waals surface area contributed by atoms with Crippen LogP contribution in [0.25, 0.3) is 0 Å². The molecule has 340 valence electrons. The van der Waals surface area contributed by atoms with Gasteiger partial charge in [0.15, 0.2) is 0 Å². The summed E-state index contributed by atoms with van der Waals surface area (Å²) in [5, 5.41) is 13.4. The predicted molar refractivity (Wildman–Crippen MR) is 243 cm³/mol. The third-order valence-corrected chi connectivity index (χ3v) is 15.0. The van der Waals surface area contributed by atoms with Crippen molar-refractivity contribution in [2.45, 2.75) is 246 Å². The molecule has 2 aliphatic carbocycles. The van der Waals surface area contributed by atoms with E-state index in [1.54, 1.807) is 0 Å². The zero-order valence-corrected chi connectivity index (χ0v) is 39.1. The van der Waals surface area contributed by atoms with Crippen LogP contribution in [0.5, 0.6) is 0 Å². The molecule has 7 atom stereocenters. The second-order valence-corrected chi connectivity index (χ2v) is 19.8. The number of esters is 2. The van der Waals surface area contributed by atoms with Crippen LogP contribution in [-0.2, 0) is 19.1 Å². The molecule has 0 amide bonds. The van der Waals surface area contributed by atoms with E-state index in [4.69, 9.17) is 9.47 Å². The summed E-state index contributed by atoms with van der Waals surface area (Å²) in [5.41, 5.74) is 1.10. The van der Waals surface area contributed by atoms with E-state index in [0.717, 1.165) is 96.2 Å². The van der Waals surface area contributed by atoms with Crippen molar-refractivity contribution in [2.75, 3.05) is 39.5 Å².